The van der Waals surface area contributed by atoms with Gasteiger partial charge in [-0.1, -0.05) is 20.8 Å². The standard InChI is InChI=1S/C12H21NO2/c1-12(2,3)11(4-6-14)13-8-10-5-7-15-9-10/h5,7,9,11,13-14H,4,6,8H2,1-3H3. The van der Waals surface area contributed by atoms with Crippen LogP contribution in [0.2, 0.25) is 0 Å². The third-order valence-corrected chi connectivity index (χ3v) is 2.60. The molecule has 0 aromatic carbocycles. The van der Waals surface area contributed by atoms with Crippen molar-refractivity contribution >= 4 is 0 Å². The Morgan fingerprint density at radius 3 is 2.67 bits per heavy atom. The molecule has 0 saturated carbocycles. The molecule has 1 unspecified atom stereocenters. The van der Waals surface area contributed by atoms with E-state index in [0.717, 1.165) is 18.5 Å². The Labute approximate surface area is 91.5 Å². The van der Waals surface area contributed by atoms with Gasteiger partial charge >= 0.3 is 0 Å². The van der Waals surface area contributed by atoms with Gasteiger partial charge in [-0.15, -0.1) is 0 Å². The van der Waals surface area contributed by atoms with E-state index >= 15 is 0 Å². The number of furan rings is 1. The molecule has 15 heavy (non-hydrogen) atoms. The highest BCUT2D eigenvalue weighted by Gasteiger charge is 2.23. The highest BCUT2D eigenvalue weighted by atomic mass is 16.3. The number of rotatable bonds is 5. The van der Waals surface area contributed by atoms with Crippen molar-refractivity contribution in [3.05, 3.63) is 24.2 Å². The van der Waals surface area contributed by atoms with Crippen LogP contribution < -0.4 is 5.32 Å². The molecule has 2 N–H and O–H groups in total. The molecule has 0 aliphatic carbocycles. The molecule has 0 aliphatic rings. The van der Waals surface area contributed by atoms with Crippen molar-refractivity contribution in [1.82, 2.24) is 5.32 Å². The summed E-state index contributed by atoms with van der Waals surface area (Å²) in [6, 6.07) is 2.27. The van der Waals surface area contributed by atoms with Crippen LogP contribution in [0, 0.1) is 5.41 Å². The predicted molar refractivity (Wildman–Crippen MR) is 60.5 cm³/mol. The molecule has 3 nitrogen and oxygen atoms in total. The summed E-state index contributed by atoms with van der Waals surface area (Å²) in [5, 5.41) is 12.4. The van der Waals surface area contributed by atoms with E-state index in [1.165, 1.54) is 0 Å². The quantitative estimate of drug-likeness (QED) is 0.784. The zero-order chi connectivity index (χ0) is 11.3. The molecular formula is C12H21NO2. The normalized spacial score (nSPS) is 14.1. The molecule has 0 aliphatic heterocycles. The third-order valence-electron chi connectivity index (χ3n) is 2.60. The minimum absolute atomic E-state index is 0.159. The van der Waals surface area contributed by atoms with Gasteiger partial charge < -0.3 is 14.8 Å². The minimum atomic E-state index is 0.159. The van der Waals surface area contributed by atoms with E-state index < -0.39 is 0 Å². The van der Waals surface area contributed by atoms with Crippen LogP contribution in [0.15, 0.2) is 23.0 Å². The molecule has 1 aromatic heterocycles. The van der Waals surface area contributed by atoms with E-state index in [1.807, 2.05) is 6.07 Å². The monoisotopic (exact) mass is 211 g/mol. The van der Waals surface area contributed by atoms with Crippen molar-refractivity contribution < 1.29 is 9.52 Å². The highest BCUT2D eigenvalue weighted by molar-refractivity contribution is 5.05. The summed E-state index contributed by atoms with van der Waals surface area (Å²) in [5.41, 5.74) is 1.30. The Kier molecular flexibility index (Phi) is 4.36. The van der Waals surface area contributed by atoms with E-state index in [2.05, 4.69) is 26.1 Å². The van der Waals surface area contributed by atoms with Crippen LogP contribution in [0.3, 0.4) is 0 Å². The van der Waals surface area contributed by atoms with Gasteiger partial charge in [-0.05, 0) is 17.9 Å². The third kappa shape index (κ3) is 4.06. The van der Waals surface area contributed by atoms with Crippen LogP contribution in [-0.4, -0.2) is 17.8 Å². The maximum atomic E-state index is 9.00. The topological polar surface area (TPSA) is 45.4 Å². The van der Waals surface area contributed by atoms with Crippen LogP contribution in [0.25, 0.3) is 0 Å². The first-order chi connectivity index (χ1) is 7.04. The summed E-state index contributed by atoms with van der Waals surface area (Å²) in [6.45, 7) is 7.54. The largest absolute Gasteiger partial charge is 0.472 e. The maximum Gasteiger partial charge on any atom is 0.0947 e. The van der Waals surface area contributed by atoms with Crippen LogP contribution in [0.5, 0.6) is 0 Å². The van der Waals surface area contributed by atoms with E-state index in [1.54, 1.807) is 12.5 Å². The first-order valence-electron chi connectivity index (χ1n) is 5.39. The fraction of sp³-hybridized carbons (Fsp3) is 0.667. The van der Waals surface area contributed by atoms with Crippen molar-refractivity contribution in [2.45, 2.75) is 39.8 Å². The van der Waals surface area contributed by atoms with Crippen LogP contribution in [0.1, 0.15) is 32.8 Å². The average molecular weight is 211 g/mol. The summed E-state index contributed by atoms with van der Waals surface area (Å²) in [7, 11) is 0. The lowest BCUT2D eigenvalue weighted by atomic mass is 9.85. The van der Waals surface area contributed by atoms with Gasteiger partial charge in [-0.3, -0.25) is 0 Å². The number of aliphatic hydroxyl groups is 1. The summed E-state index contributed by atoms with van der Waals surface area (Å²) in [5.74, 6) is 0. The van der Waals surface area contributed by atoms with Crippen molar-refractivity contribution in [3.63, 3.8) is 0 Å². The molecule has 1 rings (SSSR count). The van der Waals surface area contributed by atoms with Crippen molar-refractivity contribution in [1.29, 1.82) is 0 Å². The van der Waals surface area contributed by atoms with Crippen LogP contribution in [0.4, 0.5) is 0 Å². The average Bonchev–Trinajstić information content (AvgIpc) is 2.62. The fourth-order valence-electron chi connectivity index (χ4n) is 1.60. The molecule has 3 heteroatoms. The van der Waals surface area contributed by atoms with Gasteiger partial charge in [0.15, 0.2) is 0 Å². The molecule has 1 atom stereocenters. The SMILES string of the molecule is CC(C)(C)C(CCO)NCc1ccoc1. The van der Waals surface area contributed by atoms with Gasteiger partial charge in [-0.25, -0.2) is 0 Å². The van der Waals surface area contributed by atoms with Gasteiger partial charge in [0.05, 0.1) is 12.5 Å². The summed E-state index contributed by atoms with van der Waals surface area (Å²) in [6.07, 6.45) is 4.20. The molecule has 0 amide bonds. The molecule has 0 saturated heterocycles. The number of hydrogen-bond acceptors (Lipinski definition) is 3. The number of hydrogen-bond donors (Lipinski definition) is 2. The smallest absolute Gasteiger partial charge is 0.0947 e. The molecular weight excluding hydrogens is 190 g/mol. The molecule has 1 heterocycles. The summed E-state index contributed by atoms with van der Waals surface area (Å²) >= 11 is 0. The number of aliphatic hydroxyl groups excluding tert-OH is 1. The second-order valence-corrected chi connectivity index (χ2v) is 4.94. The molecule has 86 valence electrons. The Morgan fingerprint density at radius 2 is 2.20 bits per heavy atom. The predicted octanol–water partition coefficient (Wildman–Crippen LogP) is 2.17. The molecule has 0 fully saturated rings. The van der Waals surface area contributed by atoms with E-state index in [-0.39, 0.29) is 12.0 Å². The lowest BCUT2D eigenvalue weighted by Gasteiger charge is -2.31. The van der Waals surface area contributed by atoms with Crippen LogP contribution in [-0.2, 0) is 6.54 Å². The highest BCUT2D eigenvalue weighted by Crippen LogP contribution is 2.21. The van der Waals surface area contributed by atoms with E-state index in [0.29, 0.717) is 6.04 Å². The van der Waals surface area contributed by atoms with Crippen molar-refractivity contribution in [3.8, 4) is 0 Å². The summed E-state index contributed by atoms with van der Waals surface area (Å²) in [4.78, 5) is 0. The Morgan fingerprint density at radius 1 is 1.47 bits per heavy atom. The van der Waals surface area contributed by atoms with Gasteiger partial charge in [-0.2, -0.15) is 0 Å². The van der Waals surface area contributed by atoms with Crippen molar-refractivity contribution in [2.75, 3.05) is 6.61 Å². The minimum Gasteiger partial charge on any atom is -0.472 e. The zero-order valence-electron chi connectivity index (χ0n) is 9.79. The summed E-state index contributed by atoms with van der Waals surface area (Å²) < 4.78 is 5.00. The molecule has 0 bridgehead atoms. The fourth-order valence-corrected chi connectivity index (χ4v) is 1.60. The van der Waals surface area contributed by atoms with Gasteiger partial charge in [0.2, 0.25) is 0 Å². The second-order valence-electron chi connectivity index (χ2n) is 4.94. The molecule has 0 spiro atoms. The van der Waals surface area contributed by atoms with Gasteiger partial charge in [0, 0.05) is 24.8 Å². The zero-order valence-corrected chi connectivity index (χ0v) is 9.79. The number of nitrogens with one attached hydrogen (secondary N) is 1. The van der Waals surface area contributed by atoms with Gasteiger partial charge in [0.1, 0.15) is 0 Å². The lowest BCUT2D eigenvalue weighted by Crippen LogP contribution is -2.40. The maximum absolute atomic E-state index is 9.00. The van der Waals surface area contributed by atoms with Crippen molar-refractivity contribution in [2.24, 2.45) is 5.41 Å². The molecule has 0 radical (unpaired) electrons. The van der Waals surface area contributed by atoms with Crippen LogP contribution >= 0.6 is 0 Å². The first-order valence-corrected chi connectivity index (χ1v) is 5.39. The lowest BCUT2D eigenvalue weighted by molar-refractivity contribution is 0.196. The Bertz CT molecular complexity index is 262. The van der Waals surface area contributed by atoms with E-state index in [9.17, 15) is 0 Å². The van der Waals surface area contributed by atoms with E-state index in [4.69, 9.17) is 9.52 Å². The second kappa shape index (κ2) is 5.33. The Hall–Kier alpha value is -0.800. The van der Waals surface area contributed by atoms with Gasteiger partial charge in [0.25, 0.3) is 0 Å². The first kappa shape index (κ1) is 12.3. The molecule has 1 aromatic rings. The Balaban J connectivity index is 2.45.